The number of hydrogen-bond donors (Lipinski definition) is 1. The fourth-order valence-corrected chi connectivity index (χ4v) is 3.45. The number of rotatable bonds is 10. The first-order valence-corrected chi connectivity index (χ1v) is 9.37. The molecule has 21 heavy (non-hydrogen) atoms. The van der Waals surface area contributed by atoms with Gasteiger partial charge in [0, 0.05) is 6.04 Å². The van der Waals surface area contributed by atoms with Gasteiger partial charge < -0.3 is 10.1 Å². The second-order valence-electron chi connectivity index (χ2n) is 7.80. The third kappa shape index (κ3) is 7.65. The van der Waals surface area contributed by atoms with E-state index in [-0.39, 0.29) is 0 Å². The Hall–Kier alpha value is -0.0800. The molecule has 1 aliphatic rings. The van der Waals surface area contributed by atoms with Crippen LogP contribution in [0, 0.1) is 5.41 Å². The van der Waals surface area contributed by atoms with Crippen molar-refractivity contribution in [3.05, 3.63) is 0 Å². The maximum absolute atomic E-state index is 6.45. The van der Waals surface area contributed by atoms with Crippen molar-refractivity contribution in [1.82, 2.24) is 5.32 Å². The molecule has 1 rings (SSSR count). The lowest BCUT2D eigenvalue weighted by molar-refractivity contribution is -0.0667. The van der Waals surface area contributed by atoms with E-state index in [2.05, 4.69) is 39.9 Å². The first-order chi connectivity index (χ1) is 9.98. The van der Waals surface area contributed by atoms with Crippen LogP contribution in [0.15, 0.2) is 0 Å². The highest BCUT2D eigenvalue weighted by Crippen LogP contribution is 2.37. The normalized spacial score (nSPS) is 26.7. The van der Waals surface area contributed by atoms with Crippen LogP contribution < -0.4 is 5.32 Å². The summed E-state index contributed by atoms with van der Waals surface area (Å²) >= 11 is 0. The van der Waals surface area contributed by atoms with Gasteiger partial charge in [-0.25, -0.2) is 0 Å². The van der Waals surface area contributed by atoms with E-state index in [9.17, 15) is 0 Å². The lowest BCUT2D eigenvalue weighted by Crippen LogP contribution is -2.48. The zero-order chi connectivity index (χ0) is 15.7. The van der Waals surface area contributed by atoms with Crippen molar-refractivity contribution in [3.63, 3.8) is 0 Å². The molecule has 0 aliphatic heterocycles. The Morgan fingerprint density at radius 1 is 1.14 bits per heavy atom. The average molecular weight is 298 g/mol. The summed E-state index contributed by atoms with van der Waals surface area (Å²) in [6.07, 6.45) is 12.4. The van der Waals surface area contributed by atoms with E-state index in [0.717, 1.165) is 6.54 Å². The molecule has 1 saturated carbocycles. The molecule has 0 spiro atoms. The molecule has 1 fully saturated rings. The topological polar surface area (TPSA) is 21.3 Å². The monoisotopic (exact) mass is 297 g/mol. The lowest BCUT2D eigenvalue weighted by Gasteiger charge is -2.42. The van der Waals surface area contributed by atoms with Gasteiger partial charge in [0.15, 0.2) is 0 Å². The lowest BCUT2D eigenvalue weighted by atomic mass is 9.74. The predicted molar refractivity (Wildman–Crippen MR) is 92.8 cm³/mol. The van der Waals surface area contributed by atoms with Crippen LogP contribution in [0.2, 0.25) is 0 Å². The fraction of sp³-hybridized carbons (Fsp3) is 1.00. The van der Waals surface area contributed by atoms with Crippen molar-refractivity contribution in [3.8, 4) is 0 Å². The summed E-state index contributed by atoms with van der Waals surface area (Å²) in [4.78, 5) is 0. The van der Waals surface area contributed by atoms with Crippen molar-refractivity contribution < 1.29 is 4.74 Å². The minimum atomic E-state index is 0.404. The summed E-state index contributed by atoms with van der Waals surface area (Å²) in [7, 11) is 0. The predicted octanol–water partition coefficient (Wildman–Crippen LogP) is 5.31. The second-order valence-corrected chi connectivity index (χ2v) is 7.80. The van der Waals surface area contributed by atoms with Crippen LogP contribution in [-0.2, 0) is 4.74 Å². The van der Waals surface area contributed by atoms with Gasteiger partial charge in [0.25, 0.3) is 0 Å². The van der Waals surface area contributed by atoms with Gasteiger partial charge >= 0.3 is 0 Å². The van der Waals surface area contributed by atoms with E-state index >= 15 is 0 Å². The Kier molecular flexibility index (Phi) is 8.89. The Bertz CT molecular complexity index is 264. The van der Waals surface area contributed by atoms with Crippen LogP contribution in [0.1, 0.15) is 92.4 Å². The summed E-state index contributed by atoms with van der Waals surface area (Å²) in [5.41, 5.74) is 0.441. The molecule has 3 atom stereocenters. The molecule has 2 heteroatoms. The number of ether oxygens (including phenoxy) is 1. The van der Waals surface area contributed by atoms with Gasteiger partial charge in [0.05, 0.1) is 12.2 Å². The standard InChI is InChI=1S/C19H39NO/c1-6-8-9-10-11-16(3)21-18-15-19(4,5)13-12-17(18)20-14-7-2/h16-18,20H,6-15H2,1-5H3. The molecule has 0 radical (unpaired) electrons. The van der Waals surface area contributed by atoms with Crippen LogP contribution in [0.25, 0.3) is 0 Å². The maximum atomic E-state index is 6.45. The van der Waals surface area contributed by atoms with Gasteiger partial charge in [-0.1, -0.05) is 53.4 Å². The largest absolute Gasteiger partial charge is 0.374 e. The van der Waals surface area contributed by atoms with E-state index in [4.69, 9.17) is 4.74 Å². The van der Waals surface area contributed by atoms with Gasteiger partial charge in [-0.3, -0.25) is 0 Å². The van der Waals surface area contributed by atoms with Crippen molar-refractivity contribution >= 4 is 0 Å². The highest BCUT2D eigenvalue weighted by atomic mass is 16.5. The molecule has 2 nitrogen and oxygen atoms in total. The molecular formula is C19H39NO. The van der Waals surface area contributed by atoms with Crippen LogP contribution in [-0.4, -0.2) is 24.8 Å². The first-order valence-electron chi connectivity index (χ1n) is 9.37. The minimum absolute atomic E-state index is 0.404. The molecule has 3 unspecified atom stereocenters. The summed E-state index contributed by atoms with van der Waals surface area (Å²) in [5.74, 6) is 0. The van der Waals surface area contributed by atoms with Gasteiger partial charge in [-0.05, 0) is 51.0 Å². The molecule has 126 valence electrons. The Balaban J connectivity index is 2.41. The summed E-state index contributed by atoms with van der Waals surface area (Å²) in [5, 5.41) is 3.72. The molecule has 1 N–H and O–H groups in total. The van der Waals surface area contributed by atoms with E-state index < -0.39 is 0 Å². The Labute approximate surface area is 133 Å². The Morgan fingerprint density at radius 3 is 2.57 bits per heavy atom. The molecular weight excluding hydrogens is 258 g/mol. The minimum Gasteiger partial charge on any atom is -0.374 e. The van der Waals surface area contributed by atoms with E-state index in [1.54, 1.807) is 0 Å². The number of unbranched alkanes of at least 4 members (excludes halogenated alkanes) is 3. The second kappa shape index (κ2) is 9.84. The SMILES string of the molecule is CCCCCCC(C)OC1CC(C)(C)CCC1NCCC. The number of nitrogens with one attached hydrogen (secondary N) is 1. The average Bonchev–Trinajstić information content (AvgIpc) is 2.42. The maximum Gasteiger partial charge on any atom is 0.0736 e. The van der Waals surface area contributed by atoms with Crippen molar-refractivity contribution in [1.29, 1.82) is 0 Å². The van der Waals surface area contributed by atoms with Crippen molar-refractivity contribution in [2.45, 2.75) is 111 Å². The molecule has 0 aromatic rings. The van der Waals surface area contributed by atoms with E-state index in [0.29, 0.717) is 23.7 Å². The van der Waals surface area contributed by atoms with Crippen LogP contribution in [0.4, 0.5) is 0 Å². The molecule has 0 amide bonds. The molecule has 0 bridgehead atoms. The van der Waals surface area contributed by atoms with Crippen molar-refractivity contribution in [2.75, 3.05) is 6.54 Å². The molecule has 1 aliphatic carbocycles. The van der Waals surface area contributed by atoms with Gasteiger partial charge in [0.1, 0.15) is 0 Å². The zero-order valence-corrected chi connectivity index (χ0v) is 15.2. The first kappa shape index (κ1) is 19.0. The zero-order valence-electron chi connectivity index (χ0n) is 15.2. The fourth-order valence-electron chi connectivity index (χ4n) is 3.45. The molecule has 0 aromatic carbocycles. The molecule has 0 aromatic heterocycles. The van der Waals surface area contributed by atoms with Gasteiger partial charge in [0.2, 0.25) is 0 Å². The smallest absolute Gasteiger partial charge is 0.0736 e. The van der Waals surface area contributed by atoms with Gasteiger partial charge in [-0.15, -0.1) is 0 Å². The van der Waals surface area contributed by atoms with Crippen LogP contribution in [0.3, 0.4) is 0 Å². The summed E-state index contributed by atoms with van der Waals surface area (Å²) < 4.78 is 6.45. The third-order valence-electron chi connectivity index (χ3n) is 4.86. The quantitative estimate of drug-likeness (QED) is 0.552. The number of hydrogen-bond acceptors (Lipinski definition) is 2. The summed E-state index contributed by atoms with van der Waals surface area (Å²) in [6.45, 7) is 12.7. The van der Waals surface area contributed by atoms with E-state index in [1.165, 1.54) is 57.8 Å². The molecule has 0 saturated heterocycles. The van der Waals surface area contributed by atoms with E-state index in [1.807, 2.05) is 0 Å². The third-order valence-corrected chi connectivity index (χ3v) is 4.86. The van der Waals surface area contributed by atoms with Gasteiger partial charge in [-0.2, -0.15) is 0 Å². The van der Waals surface area contributed by atoms with Crippen LogP contribution >= 0.6 is 0 Å². The Morgan fingerprint density at radius 2 is 1.90 bits per heavy atom. The van der Waals surface area contributed by atoms with Crippen molar-refractivity contribution in [2.24, 2.45) is 5.41 Å². The van der Waals surface area contributed by atoms with Crippen LogP contribution in [0.5, 0.6) is 0 Å². The highest BCUT2D eigenvalue weighted by molar-refractivity contribution is 4.90. The molecule has 0 heterocycles. The summed E-state index contributed by atoms with van der Waals surface area (Å²) in [6, 6.07) is 0.566. The highest BCUT2D eigenvalue weighted by Gasteiger charge is 2.35.